The molecule has 11 heteroatoms. The van der Waals surface area contributed by atoms with E-state index in [4.69, 9.17) is 4.74 Å². The number of nitrogens with zero attached hydrogens (tertiary/aromatic N) is 3. The van der Waals surface area contributed by atoms with E-state index in [0.717, 1.165) is 40.4 Å². The van der Waals surface area contributed by atoms with Gasteiger partial charge in [-0.2, -0.15) is 0 Å². The van der Waals surface area contributed by atoms with E-state index in [9.17, 15) is 9.00 Å². The highest BCUT2D eigenvalue weighted by atomic mass is 32.2. The Balaban J connectivity index is 0.00000282. The Morgan fingerprint density at radius 1 is 0.935 bits per heavy atom. The molecule has 0 radical (unpaired) electrons. The van der Waals surface area contributed by atoms with Crippen molar-refractivity contribution in [1.82, 2.24) is 13.9 Å². The summed E-state index contributed by atoms with van der Waals surface area (Å²) in [7, 11) is 4.19. The lowest BCUT2D eigenvalue weighted by molar-refractivity contribution is -0.121. The molecule has 1 atom stereocenters. The number of aryl methyl sites for hydroxylation is 1. The molecule has 1 amide bonds. The molecular formula is C35H40F2N4O3S2. The van der Waals surface area contributed by atoms with Crippen molar-refractivity contribution in [3.05, 3.63) is 90.0 Å². The summed E-state index contributed by atoms with van der Waals surface area (Å²) >= 11 is 1.06. The van der Waals surface area contributed by atoms with Gasteiger partial charge in [-0.1, -0.05) is 48.9 Å². The lowest BCUT2D eigenvalue weighted by Gasteiger charge is -2.24. The molecule has 0 bridgehead atoms. The van der Waals surface area contributed by atoms with Crippen LogP contribution < -0.4 is 15.0 Å². The van der Waals surface area contributed by atoms with Gasteiger partial charge in [-0.3, -0.25) is 4.79 Å². The van der Waals surface area contributed by atoms with Crippen molar-refractivity contribution in [2.45, 2.75) is 30.1 Å². The second kappa shape index (κ2) is 17.7. The highest BCUT2D eigenvalue weighted by Gasteiger charge is 2.21. The molecule has 0 aromatic heterocycles. The van der Waals surface area contributed by atoms with Gasteiger partial charge in [-0.15, -0.1) is 12.8 Å². The van der Waals surface area contributed by atoms with Crippen molar-refractivity contribution in [1.29, 1.82) is 0 Å². The van der Waals surface area contributed by atoms with Crippen LogP contribution in [-0.2, 0) is 15.8 Å². The van der Waals surface area contributed by atoms with E-state index in [2.05, 4.69) is 18.2 Å². The molecule has 4 rings (SSSR count). The minimum Gasteiger partial charge on any atom is -0.451 e. The first-order chi connectivity index (χ1) is 22.1. The van der Waals surface area contributed by atoms with E-state index in [1.165, 1.54) is 12.1 Å². The van der Waals surface area contributed by atoms with Gasteiger partial charge in [0.2, 0.25) is 5.91 Å². The maximum atomic E-state index is 15.0. The second-order valence-corrected chi connectivity index (χ2v) is 13.3. The van der Waals surface area contributed by atoms with Crippen LogP contribution in [-0.4, -0.2) is 66.0 Å². The number of nitrogens with one attached hydrogen (secondary N) is 1. The van der Waals surface area contributed by atoms with Gasteiger partial charge >= 0.3 is 0 Å². The molecule has 0 spiro atoms. The monoisotopic (exact) mass is 666 g/mol. The average molecular weight is 667 g/mol. The molecule has 0 heterocycles. The zero-order valence-electron chi connectivity index (χ0n) is 26.8. The van der Waals surface area contributed by atoms with E-state index in [1.807, 2.05) is 69.2 Å². The molecule has 7 nitrogen and oxygen atoms in total. The topological polar surface area (TPSA) is 65.1 Å². The Morgan fingerprint density at radius 2 is 1.57 bits per heavy atom. The first-order valence-corrected chi connectivity index (χ1v) is 16.5. The number of benzene rings is 4. The number of terminal acetylenes is 1. The normalized spacial score (nSPS) is 11.6. The Labute approximate surface area is 277 Å². The largest absolute Gasteiger partial charge is 0.451 e. The molecule has 0 saturated carbocycles. The van der Waals surface area contributed by atoms with Gasteiger partial charge in [0.1, 0.15) is 16.7 Å². The number of amides is 1. The maximum Gasteiger partial charge on any atom is 0.235 e. The molecule has 46 heavy (non-hydrogen) atoms. The van der Waals surface area contributed by atoms with Gasteiger partial charge < -0.3 is 15.0 Å². The number of hydrogen-bond donors (Lipinski definition) is 1. The van der Waals surface area contributed by atoms with Gasteiger partial charge in [0, 0.05) is 62.1 Å². The van der Waals surface area contributed by atoms with Crippen molar-refractivity contribution < 1.29 is 22.5 Å². The van der Waals surface area contributed by atoms with Crippen molar-refractivity contribution in [2.24, 2.45) is 0 Å². The van der Waals surface area contributed by atoms with E-state index >= 15 is 8.78 Å². The fourth-order valence-corrected chi connectivity index (χ4v) is 6.62. The summed E-state index contributed by atoms with van der Waals surface area (Å²) in [5.41, 5.74) is 2.03. The predicted molar refractivity (Wildman–Crippen MR) is 186 cm³/mol. The zero-order valence-corrected chi connectivity index (χ0v) is 28.4. The number of carbonyl (C=O) groups is 1. The second-order valence-electron chi connectivity index (χ2n) is 10.6. The lowest BCUT2D eigenvalue weighted by atomic mass is 10.1. The maximum absolute atomic E-state index is 15.0. The number of rotatable bonds is 14. The van der Waals surface area contributed by atoms with Crippen LogP contribution in [0.1, 0.15) is 18.9 Å². The third kappa shape index (κ3) is 9.77. The number of fused-ring (bicyclic) bond motifs is 1. The SMILES string of the molecule is C#C.CCCNC(=O)CN(CCN(C)S(=O)c1cccc2c(N(C)C)cccc12)Sc1cc(F)c(Oc2ccc(C)cc2)c(F)c1. The van der Waals surface area contributed by atoms with Gasteiger partial charge in [0.05, 0.1) is 11.4 Å². The van der Waals surface area contributed by atoms with Crippen LogP contribution in [0.5, 0.6) is 11.5 Å². The molecule has 4 aromatic rings. The van der Waals surface area contributed by atoms with Crippen LogP contribution in [0.2, 0.25) is 0 Å². The van der Waals surface area contributed by atoms with Gasteiger partial charge in [-0.05, 0) is 61.7 Å². The standard InChI is InChI=1S/C33H38F2N4O3S2.C2H2/c1-6-17-36-32(40)22-39(43-25-20-28(34)33(29(35)21-25)42-24-15-13-23(2)14-16-24)19-18-38(5)44(41)31-12-8-9-26-27(31)10-7-11-30(26)37(3)4;1-2/h7-16,20-21H,6,17-19,22H2,1-5H3,(H,36,40);1-2H. The van der Waals surface area contributed by atoms with Crippen LogP contribution >= 0.6 is 11.9 Å². The summed E-state index contributed by atoms with van der Waals surface area (Å²) in [5, 5.41) is 4.74. The lowest BCUT2D eigenvalue weighted by Crippen LogP contribution is -2.38. The van der Waals surface area contributed by atoms with E-state index in [1.54, 1.807) is 39.9 Å². The number of anilines is 1. The molecule has 0 aliphatic rings. The van der Waals surface area contributed by atoms with Gasteiger partial charge in [0.15, 0.2) is 17.4 Å². The summed E-state index contributed by atoms with van der Waals surface area (Å²) in [4.78, 5) is 15.6. The summed E-state index contributed by atoms with van der Waals surface area (Å²) in [5.74, 6) is -2.09. The summed E-state index contributed by atoms with van der Waals surface area (Å²) in [6.07, 6.45) is 8.78. The van der Waals surface area contributed by atoms with Crippen molar-refractivity contribution in [2.75, 3.05) is 52.2 Å². The van der Waals surface area contributed by atoms with Gasteiger partial charge in [-0.25, -0.2) is 21.6 Å². The third-order valence-electron chi connectivity index (χ3n) is 6.82. The molecule has 244 valence electrons. The molecule has 0 fully saturated rings. The Kier molecular flexibility index (Phi) is 14.0. The van der Waals surface area contributed by atoms with Crippen LogP contribution in [0.15, 0.2) is 82.6 Å². The van der Waals surface area contributed by atoms with E-state index < -0.39 is 28.4 Å². The minimum atomic E-state index is -1.49. The molecule has 0 saturated heterocycles. The van der Waals surface area contributed by atoms with Crippen molar-refractivity contribution >= 4 is 45.3 Å². The number of ether oxygens (including phenoxy) is 1. The highest BCUT2D eigenvalue weighted by molar-refractivity contribution is 7.97. The average Bonchev–Trinajstić information content (AvgIpc) is 3.05. The number of carbonyl (C=O) groups excluding carboxylic acids is 1. The van der Waals surface area contributed by atoms with E-state index in [0.29, 0.717) is 30.3 Å². The first-order valence-electron chi connectivity index (χ1n) is 14.7. The van der Waals surface area contributed by atoms with Gasteiger partial charge in [0.25, 0.3) is 0 Å². The predicted octanol–water partition coefficient (Wildman–Crippen LogP) is 7.02. The third-order valence-corrected chi connectivity index (χ3v) is 9.31. The van der Waals surface area contributed by atoms with Crippen LogP contribution in [0.3, 0.4) is 0 Å². The number of hydrogen-bond acceptors (Lipinski definition) is 6. The fraction of sp³-hybridized carbons (Fsp3) is 0.286. The minimum absolute atomic E-state index is 0.0174. The molecular weight excluding hydrogens is 627 g/mol. The summed E-state index contributed by atoms with van der Waals surface area (Å²) in [6.45, 7) is 4.99. The fourth-order valence-electron chi connectivity index (χ4n) is 4.51. The summed E-state index contributed by atoms with van der Waals surface area (Å²) < 4.78 is 52.7. The molecule has 0 aliphatic heterocycles. The van der Waals surface area contributed by atoms with Crippen LogP contribution in [0.4, 0.5) is 14.5 Å². The van der Waals surface area contributed by atoms with Crippen LogP contribution in [0.25, 0.3) is 10.8 Å². The Hall–Kier alpha value is -3.95. The first kappa shape index (κ1) is 36.5. The number of likely N-dealkylation sites (N-methyl/N-ethyl adjacent to an activating group) is 1. The molecule has 1 unspecified atom stereocenters. The van der Waals surface area contributed by atoms with Crippen molar-refractivity contribution in [3.63, 3.8) is 0 Å². The summed E-state index contributed by atoms with van der Waals surface area (Å²) in [6, 6.07) is 20.9. The van der Waals surface area contributed by atoms with Crippen molar-refractivity contribution in [3.8, 4) is 24.3 Å². The van der Waals surface area contributed by atoms with Crippen LogP contribution in [0, 0.1) is 31.4 Å². The number of halogens is 2. The Morgan fingerprint density at radius 3 is 2.20 bits per heavy atom. The molecule has 1 N–H and O–H groups in total. The quantitative estimate of drug-likeness (QED) is 0.115. The Bertz CT molecular complexity index is 1640. The smallest absolute Gasteiger partial charge is 0.235 e. The highest BCUT2D eigenvalue weighted by Crippen LogP contribution is 2.34. The zero-order chi connectivity index (χ0) is 33.8. The molecule has 4 aromatic carbocycles. The molecule has 0 aliphatic carbocycles. The van der Waals surface area contributed by atoms with E-state index in [-0.39, 0.29) is 17.3 Å².